The van der Waals surface area contributed by atoms with Gasteiger partial charge < -0.3 is 5.32 Å². The molecule has 2 heteroatoms. The van der Waals surface area contributed by atoms with Crippen LogP contribution in [0.1, 0.15) is 63.1 Å². The molecule has 1 aromatic rings. The minimum Gasteiger partial charge on any atom is -0.309 e. The molecule has 1 atom stereocenters. The second kappa shape index (κ2) is 5.83. The molecule has 0 radical (unpaired) electrons. The molecular formula is C16H26N2. The molecule has 1 saturated carbocycles. The van der Waals surface area contributed by atoms with Crippen LogP contribution in [0.15, 0.2) is 18.5 Å². The Morgan fingerprint density at radius 3 is 2.67 bits per heavy atom. The molecule has 1 aromatic heterocycles. The summed E-state index contributed by atoms with van der Waals surface area (Å²) in [4.78, 5) is 4.38. The summed E-state index contributed by atoms with van der Waals surface area (Å²) in [5.41, 5.74) is 3.04. The normalized spacial score (nSPS) is 19.9. The van der Waals surface area contributed by atoms with Crippen molar-refractivity contribution in [3.8, 4) is 0 Å². The Kier molecular flexibility index (Phi) is 4.39. The molecule has 100 valence electrons. The Bertz CT molecular complexity index is 380. The zero-order chi connectivity index (χ0) is 13.0. The van der Waals surface area contributed by atoms with Crippen molar-refractivity contribution in [3.05, 3.63) is 29.6 Å². The number of aromatic nitrogens is 1. The lowest BCUT2D eigenvalue weighted by Crippen LogP contribution is -2.35. The monoisotopic (exact) mass is 246 g/mol. The number of pyridine rings is 1. The largest absolute Gasteiger partial charge is 0.309 e. The van der Waals surface area contributed by atoms with E-state index in [1.54, 1.807) is 0 Å². The molecule has 1 unspecified atom stereocenters. The van der Waals surface area contributed by atoms with Gasteiger partial charge in [0.2, 0.25) is 0 Å². The molecule has 18 heavy (non-hydrogen) atoms. The number of rotatable bonds is 5. The van der Waals surface area contributed by atoms with Crippen LogP contribution >= 0.6 is 0 Å². The van der Waals surface area contributed by atoms with Gasteiger partial charge in [-0.2, -0.15) is 0 Å². The zero-order valence-electron chi connectivity index (χ0n) is 12.0. The van der Waals surface area contributed by atoms with Gasteiger partial charge in [0.05, 0.1) is 0 Å². The fourth-order valence-corrected chi connectivity index (χ4v) is 3.26. The molecule has 0 aliphatic heterocycles. The highest BCUT2D eigenvalue weighted by molar-refractivity contribution is 5.22. The molecular weight excluding hydrogens is 220 g/mol. The third-order valence-electron chi connectivity index (χ3n) is 4.27. The molecule has 1 aliphatic carbocycles. The van der Waals surface area contributed by atoms with Crippen molar-refractivity contribution < 1.29 is 0 Å². The summed E-state index contributed by atoms with van der Waals surface area (Å²) < 4.78 is 0. The van der Waals surface area contributed by atoms with Crippen molar-refractivity contribution in [2.24, 2.45) is 5.41 Å². The molecule has 0 aromatic carbocycles. The van der Waals surface area contributed by atoms with Crippen LogP contribution in [-0.2, 0) is 0 Å². The number of hydrogen-bond donors (Lipinski definition) is 1. The summed E-state index contributed by atoms with van der Waals surface area (Å²) in [6, 6.07) is 2.76. The SMILES string of the molecule is CCCNC(c1cncc(C)c1)C1(C)CCCC1. The summed E-state index contributed by atoms with van der Waals surface area (Å²) in [7, 11) is 0. The highest BCUT2D eigenvalue weighted by Gasteiger charge is 2.37. The average molecular weight is 246 g/mol. The first-order valence-corrected chi connectivity index (χ1v) is 7.30. The highest BCUT2D eigenvalue weighted by Crippen LogP contribution is 2.47. The van der Waals surface area contributed by atoms with E-state index in [2.05, 4.69) is 37.1 Å². The van der Waals surface area contributed by atoms with Gasteiger partial charge in [0, 0.05) is 18.4 Å². The number of aryl methyl sites for hydroxylation is 1. The van der Waals surface area contributed by atoms with E-state index in [4.69, 9.17) is 0 Å². The van der Waals surface area contributed by atoms with Crippen LogP contribution in [0.3, 0.4) is 0 Å². The number of hydrogen-bond acceptors (Lipinski definition) is 2. The minimum atomic E-state index is 0.407. The van der Waals surface area contributed by atoms with Gasteiger partial charge in [-0.1, -0.05) is 32.8 Å². The quantitative estimate of drug-likeness (QED) is 0.849. The van der Waals surface area contributed by atoms with E-state index in [9.17, 15) is 0 Å². The van der Waals surface area contributed by atoms with Crippen LogP contribution in [-0.4, -0.2) is 11.5 Å². The first-order chi connectivity index (χ1) is 8.65. The van der Waals surface area contributed by atoms with Gasteiger partial charge in [0.1, 0.15) is 0 Å². The van der Waals surface area contributed by atoms with E-state index < -0.39 is 0 Å². The van der Waals surface area contributed by atoms with Crippen LogP contribution in [0.2, 0.25) is 0 Å². The molecule has 0 saturated heterocycles. The first-order valence-electron chi connectivity index (χ1n) is 7.30. The molecule has 0 bridgehead atoms. The van der Waals surface area contributed by atoms with Crippen LogP contribution in [0.4, 0.5) is 0 Å². The predicted octanol–water partition coefficient (Wildman–Crippen LogP) is 4.01. The Morgan fingerprint density at radius 2 is 2.06 bits per heavy atom. The van der Waals surface area contributed by atoms with E-state index >= 15 is 0 Å². The fraction of sp³-hybridized carbons (Fsp3) is 0.688. The standard InChI is InChI=1S/C16H26N2/c1-4-9-18-15(16(3)7-5-6-8-16)14-10-13(2)11-17-12-14/h10-12,15,18H,4-9H2,1-3H3. The van der Waals surface area contributed by atoms with Crippen LogP contribution in [0.5, 0.6) is 0 Å². The summed E-state index contributed by atoms with van der Waals surface area (Å²) in [5.74, 6) is 0. The second-order valence-corrected chi connectivity index (χ2v) is 6.04. The Hall–Kier alpha value is -0.890. The fourth-order valence-electron chi connectivity index (χ4n) is 3.26. The Labute approximate surface area is 111 Å². The Balaban J connectivity index is 2.24. The summed E-state index contributed by atoms with van der Waals surface area (Å²) in [6.07, 6.45) is 10.6. The summed E-state index contributed by atoms with van der Waals surface area (Å²) in [5, 5.41) is 3.76. The lowest BCUT2D eigenvalue weighted by molar-refractivity contribution is 0.223. The van der Waals surface area contributed by atoms with Crippen molar-refractivity contribution in [2.75, 3.05) is 6.54 Å². The summed E-state index contributed by atoms with van der Waals surface area (Å²) in [6.45, 7) is 7.89. The van der Waals surface area contributed by atoms with Gasteiger partial charge >= 0.3 is 0 Å². The van der Waals surface area contributed by atoms with Crippen LogP contribution in [0.25, 0.3) is 0 Å². The molecule has 1 fully saturated rings. The van der Waals surface area contributed by atoms with E-state index in [0.29, 0.717) is 11.5 Å². The van der Waals surface area contributed by atoms with Gasteiger partial charge in [-0.05, 0) is 49.3 Å². The van der Waals surface area contributed by atoms with Crippen molar-refractivity contribution in [1.82, 2.24) is 10.3 Å². The topological polar surface area (TPSA) is 24.9 Å². The Morgan fingerprint density at radius 1 is 1.33 bits per heavy atom. The predicted molar refractivity (Wildman–Crippen MR) is 76.6 cm³/mol. The van der Waals surface area contributed by atoms with E-state index in [0.717, 1.165) is 6.54 Å². The molecule has 1 N–H and O–H groups in total. The maximum atomic E-state index is 4.38. The van der Waals surface area contributed by atoms with Gasteiger partial charge in [-0.25, -0.2) is 0 Å². The van der Waals surface area contributed by atoms with Crippen molar-refractivity contribution in [1.29, 1.82) is 0 Å². The maximum Gasteiger partial charge on any atom is 0.0389 e. The minimum absolute atomic E-state index is 0.407. The third-order valence-corrected chi connectivity index (χ3v) is 4.27. The van der Waals surface area contributed by atoms with E-state index in [1.807, 2.05) is 12.4 Å². The molecule has 0 amide bonds. The second-order valence-electron chi connectivity index (χ2n) is 6.04. The van der Waals surface area contributed by atoms with Gasteiger partial charge in [0.25, 0.3) is 0 Å². The lowest BCUT2D eigenvalue weighted by Gasteiger charge is -2.35. The number of nitrogens with one attached hydrogen (secondary N) is 1. The molecule has 2 nitrogen and oxygen atoms in total. The lowest BCUT2D eigenvalue weighted by atomic mass is 9.77. The van der Waals surface area contributed by atoms with Gasteiger partial charge in [0.15, 0.2) is 0 Å². The first kappa shape index (κ1) is 13.5. The highest BCUT2D eigenvalue weighted by atomic mass is 14.9. The van der Waals surface area contributed by atoms with Crippen molar-refractivity contribution in [2.45, 2.75) is 58.9 Å². The van der Waals surface area contributed by atoms with Gasteiger partial charge in [-0.3, -0.25) is 4.98 Å². The molecule has 0 spiro atoms. The van der Waals surface area contributed by atoms with Crippen LogP contribution in [0, 0.1) is 12.3 Å². The third kappa shape index (κ3) is 2.92. The maximum absolute atomic E-state index is 4.38. The number of nitrogens with zero attached hydrogens (tertiary/aromatic N) is 1. The molecule has 1 heterocycles. The molecule has 2 rings (SSSR count). The summed E-state index contributed by atoms with van der Waals surface area (Å²) >= 11 is 0. The van der Waals surface area contributed by atoms with Gasteiger partial charge in [-0.15, -0.1) is 0 Å². The molecule has 1 aliphatic rings. The van der Waals surface area contributed by atoms with Crippen molar-refractivity contribution >= 4 is 0 Å². The van der Waals surface area contributed by atoms with E-state index in [1.165, 1.54) is 43.2 Å². The van der Waals surface area contributed by atoms with Crippen LogP contribution < -0.4 is 5.32 Å². The zero-order valence-corrected chi connectivity index (χ0v) is 12.0. The van der Waals surface area contributed by atoms with Crippen molar-refractivity contribution in [3.63, 3.8) is 0 Å². The van der Waals surface area contributed by atoms with E-state index in [-0.39, 0.29) is 0 Å². The average Bonchev–Trinajstić information content (AvgIpc) is 2.77. The smallest absolute Gasteiger partial charge is 0.0389 e.